The van der Waals surface area contributed by atoms with Crippen LogP contribution in [0.5, 0.6) is 0 Å². The van der Waals surface area contributed by atoms with Gasteiger partial charge in [-0.05, 0) is 30.7 Å². The topological polar surface area (TPSA) is 46.3 Å². The molecule has 1 aromatic heterocycles. The summed E-state index contributed by atoms with van der Waals surface area (Å²) in [7, 11) is 0. The molecule has 5 heteroatoms. The molecule has 0 aliphatic carbocycles. The highest BCUT2D eigenvalue weighted by molar-refractivity contribution is 8.01. The molecule has 1 atom stereocenters. The monoisotopic (exact) mass is 284 g/mol. The Morgan fingerprint density at radius 2 is 2.39 bits per heavy atom. The Balaban J connectivity index is 2.04. The molecule has 1 fully saturated rings. The van der Waals surface area contributed by atoms with Crippen molar-refractivity contribution in [2.45, 2.75) is 36.4 Å². The first-order valence-electron chi connectivity index (χ1n) is 6.48. The Hall–Kier alpha value is -0.520. The molecule has 0 radical (unpaired) electrons. The Morgan fingerprint density at radius 1 is 1.56 bits per heavy atom. The van der Waals surface area contributed by atoms with Gasteiger partial charge in [-0.15, -0.1) is 23.1 Å². The largest absolute Gasteiger partial charge is 0.336 e. The first-order valence-corrected chi connectivity index (χ1v) is 8.28. The summed E-state index contributed by atoms with van der Waals surface area (Å²) in [4.78, 5) is 15.2. The summed E-state index contributed by atoms with van der Waals surface area (Å²) in [6, 6.07) is 4.13. The predicted octanol–water partition coefficient (Wildman–Crippen LogP) is 2.81. The highest BCUT2D eigenvalue weighted by Crippen LogP contribution is 2.28. The van der Waals surface area contributed by atoms with Gasteiger partial charge in [0.2, 0.25) is 0 Å². The molecule has 1 aromatic rings. The van der Waals surface area contributed by atoms with Crippen molar-refractivity contribution in [2.24, 2.45) is 5.73 Å². The molecule has 100 valence electrons. The Kier molecular flexibility index (Phi) is 5.09. The summed E-state index contributed by atoms with van der Waals surface area (Å²) in [6.07, 6.45) is 3.23. The van der Waals surface area contributed by atoms with E-state index in [9.17, 15) is 4.79 Å². The number of amides is 1. The van der Waals surface area contributed by atoms with Gasteiger partial charge < -0.3 is 10.6 Å². The standard InChI is InChI=1S/C13H20N2OS2/c1-2-17-12-7-6-11(18-12)13(16)15-8-4-3-5-10(14)9-15/h6-7,10H,2-5,8-9,14H2,1H3/t10-/m0/s1. The van der Waals surface area contributed by atoms with Gasteiger partial charge in [0.25, 0.3) is 5.91 Å². The number of nitrogens with two attached hydrogens (primary N) is 1. The lowest BCUT2D eigenvalue weighted by atomic mass is 10.2. The molecule has 1 aliphatic heterocycles. The summed E-state index contributed by atoms with van der Waals surface area (Å²) >= 11 is 3.39. The normalized spacial score (nSPS) is 20.8. The molecule has 3 nitrogen and oxygen atoms in total. The van der Waals surface area contributed by atoms with E-state index in [1.165, 1.54) is 4.21 Å². The number of hydrogen-bond donors (Lipinski definition) is 1. The van der Waals surface area contributed by atoms with E-state index in [1.807, 2.05) is 17.0 Å². The van der Waals surface area contributed by atoms with Crippen LogP contribution in [-0.2, 0) is 0 Å². The van der Waals surface area contributed by atoms with Gasteiger partial charge in [-0.25, -0.2) is 0 Å². The second-order valence-corrected chi connectivity index (χ2v) is 7.21. The van der Waals surface area contributed by atoms with Crippen LogP contribution in [0.15, 0.2) is 16.3 Å². The number of nitrogens with zero attached hydrogens (tertiary/aromatic N) is 1. The first-order chi connectivity index (χ1) is 8.70. The molecular weight excluding hydrogens is 264 g/mol. The Labute approximate surface area is 117 Å². The Bertz CT molecular complexity index is 405. The minimum atomic E-state index is 0.140. The van der Waals surface area contributed by atoms with Crippen LogP contribution >= 0.6 is 23.1 Å². The fourth-order valence-corrected chi connectivity index (χ4v) is 4.18. The van der Waals surface area contributed by atoms with Crippen molar-refractivity contribution >= 4 is 29.0 Å². The number of carbonyl (C=O) groups is 1. The average Bonchev–Trinajstić information content (AvgIpc) is 2.70. The molecular formula is C13H20N2OS2. The van der Waals surface area contributed by atoms with Crippen molar-refractivity contribution in [3.8, 4) is 0 Å². The van der Waals surface area contributed by atoms with Crippen LogP contribution in [0.1, 0.15) is 35.9 Å². The van der Waals surface area contributed by atoms with E-state index in [1.54, 1.807) is 23.1 Å². The second-order valence-electron chi connectivity index (χ2n) is 4.56. The van der Waals surface area contributed by atoms with Crippen molar-refractivity contribution in [1.82, 2.24) is 4.90 Å². The SMILES string of the molecule is CCSc1ccc(C(=O)N2CCCC[C@H](N)C2)s1. The lowest BCUT2D eigenvalue weighted by Gasteiger charge is -2.21. The van der Waals surface area contributed by atoms with Gasteiger partial charge >= 0.3 is 0 Å². The third-order valence-corrected chi connectivity index (χ3v) is 5.25. The van der Waals surface area contributed by atoms with Crippen LogP contribution in [0.25, 0.3) is 0 Å². The van der Waals surface area contributed by atoms with E-state index >= 15 is 0 Å². The minimum Gasteiger partial charge on any atom is -0.336 e. The molecule has 1 amide bonds. The first kappa shape index (κ1) is 13.9. The van der Waals surface area contributed by atoms with Gasteiger partial charge in [0.15, 0.2) is 0 Å². The average molecular weight is 284 g/mol. The maximum Gasteiger partial charge on any atom is 0.264 e. The van der Waals surface area contributed by atoms with Crippen molar-refractivity contribution in [1.29, 1.82) is 0 Å². The summed E-state index contributed by atoms with van der Waals surface area (Å²) in [5.74, 6) is 1.20. The van der Waals surface area contributed by atoms with Gasteiger partial charge in [0.05, 0.1) is 9.09 Å². The molecule has 0 bridgehead atoms. The highest BCUT2D eigenvalue weighted by Gasteiger charge is 2.22. The number of likely N-dealkylation sites (tertiary alicyclic amines) is 1. The van der Waals surface area contributed by atoms with Gasteiger partial charge in [0.1, 0.15) is 0 Å². The van der Waals surface area contributed by atoms with E-state index in [4.69, 9.17) is 5.73 Å². The smallest absolute Gasteiger partial charge is 0.264 e. The zero-order valence-electron chi connectivity index (χ0n) is 10.7. The fourth-order valence-electron chi connectivity index (χ4n) is 2.17. The maximum absolute atomic E-state index is 12.4. The summed E-state index contributed by atoms with van der Waals surface area (Å²) in [5, 5.41) is 0. The third-order valence-electron chi connectivity index (χ3n) is 3.07. The number of hydrogen-bond acceptors (Lipinski definition) is 4. The van der Waals surface area contributed by atoms with Crippen LogP contribution in [0.3, 0.4) is 0 Å². The van der Waals surface area contributed by atoms with Gasteiger partial charge in [-0.3, -0.25) is 4.79 Å². The summed E-state index contributed by atoms with van der Waals surface area (Å²) < 4.78 is 1.22. The maximum atomic E-state index is 12.4. The molecule has 2 heterocycles. The molecule has 1 saturated heterocycles. The van der Waals surface area contributed by atoms with Crippen molar-refractivity contribution in [2.75, 3.05) is 18.8 Å². The molecule has 1 aliphatic rings. The van der Waals surface area contributed by atoms with E-state index < -0.39 is 0 Å². The van der Waals surface area contributed by atoms with Crippen molar-refractivity contribution in [3.05, 3.63) is 17.0 Å². The Morgan fingerprint density at radius 3 is 3.17 bits per heavy atom. The van der Waals surface area contributed by atoms with Gasteiger partial charge in [0, 0.05) is 19.1 Å². The highest BCUT2D eigenvalue weighted by atomic mass is 32.2. The fraction of sp³-hybridized carbons (Fsp3) is 0.615. The van der Waals surface area contributed by atoms with Crippen LogP contribution in [0, 0.1) is 0 Å². The van der Waals surface area contributed by atoms with Gasteiger partial charge in [-0.2, -0.15) is 0 Å². The van der Waals surface area contributed by atoms with E-state index in [-0.39, 0.29) is 11.9 Å². The zero-order chi connectivity index (χ0) is 13.0. The van der Waals surface area contributed by atoms with Crippen LogP contribution in [0.2, 0.25) is 0 Å². The van der Waals surface area contributed by atoms with Crippen molar-refractivity contribution in [3.63, 3.8) is 0 Å². The zero-order valence-corrected chi connectivity index (χ0v) is 12.4. The van der Waals surface area contributed by atoms with E-state index in [0.717, 1.165) is 36.4 Å². The van der Waals surface area contributed by atoms with Crippen LogP contribution in [0.4, 0.5) is 0 Å². The lowest BCUT2D eigenvalue weighted by Crippen LogP contribution is -2.39. The molecule has 0 saturated carbocycles. The van der Waals surface area contributed by atoms with Crippen molar-refractivity contribution < 1.29 is 4.79 Å². The van der Waals surface area contributed by atoms with Crippen LogP contribution in [-0.4, -0.2) is 35.7 Å². The molecule has 2 N–H and O–H groups in total. The molecule has 0 unspecified atom stereocenters. The molecule has 0 spiro atoms. The second kappa shape index (κ2) is 6.59. The number of thioether (sulfide) groups is 1. The van der Waals surface area contributed by atoms with Crippen LogP contribution < -0.4 is 5.73 Å². The number of carbonyl (C=O) groups excluding carboxylic acids is 1. The van der Waals surface area contributed by atoms with E-state index in [0.29, 0.717) is 6.54 Å². The van der Waals surface area contributed by atoms with Gasteiger partial charge in [-0.1, -0.05) is 13.3 Å². The quantitative estimate of drug-likeness (QED) is 0.868. The lowest BCUT2D eigenvalue weighted by molar-refractivity contribution is 0.0760. The summed E-state index contributed by atoms with van der Waals surface area (Å²) in [6.45, 7) is 3.67. The molecule has 0 aromatic carbocycles. The molecule has 2 rings (SSSR count). The summed E-state index contributed by atoms with van der Waals surface area (Å²) in [5.41, 5.74) is 6.00. The third kappa shape index (κ3) is 3.49. The molecule has 18 heavy (non-hydrogen) atoms. The minimum absolute atomic E-state index is 0.140. The van der Waals surface area contributed by atoms with E-state index in [2.05, 4.69) is 6.92 Å². The number of rotatable bonds is 3. The predicted molar refractivity (Wildman–Crippen MR) is 78.4 cm³/mol. The number of thiophene rings is 1.